The largest absolute Gasteiger partial charge is 0.454 e. The van der Waals surface area contributed by atoms with Gasteiger partial charge in [-0.2, -0.15) is 5.10 Å². The predicted octanol–water partition coefficient (Wildman–Crippen LogP) is 1.40. The van der Waals surface area contributed by atoms with Crippen LogP contribution in [-0.4, -0.2) is 33.4 Å². The van der Waals surface area contributed by atoms with Gasteiger partial charge in [-0.05, 0) is 35.0 Å². The number of aromatic nitrogens is 2. The molecule has 7 heteroatoms. The molecule has 1 atom stereocenters. The third-order valence-electron chi connectivity index (χ3n) is 2.36. The van der Waals surface area contributed by atoms with Crippen LogP contribution in [0.5, 0.6) is 0 Å². The number of amides is 1. The molecule has 2 N–H and O–H groups in total. The SMILES string of the molecule is CC(O)CNC(=O)c1ccc(Cn2cc(Br)cn2)o1. The molecule has 0 saturated heterocycles. The molecule has 0 radical (unpaired) electrons. The van der Waals surface area contributed by atoms with Crippen molar-refractivity contribution in [2.75, 3.05) is 6.54 Å². The average Bonchev–Trinajstić information content (AvgIpc) is 2.96. The molecule has 0 aliphatic rings. The van der Waals surface area contributed by atoms with Gasteiger partial charge in [-0.1, -0.05) is 0 Å². The van der Waals surface area contributed by atoms with Gasteiger partial charge in [-0.15, -0.1) is 0 Å². The highest BCUT2D eigenvalue weighted by atomic mass is 79.9. The highest BCUT2D eigenvalue weighted by molar-refractivity contribution is 9.10. The molecule has 19 heavy (non-hydrogen) atoms. The lowest BCUT2D eigenvalue weighted by molar-refractivity contribution is 0.0894. The first-order chi connectivity index (χ1) is 9.04. The van der Waals surface area contributed by atoms with Crippen molar-refractivity contribution in [2.45, 2.75) is 19.6 Å². The highest BCUT2D eigenvalue weighted by Gasteiger charge is 2.12. The zero-order valence-corrected chi connectivity index (χ0v) is 11.9. The maximum absolute atomic E-state index is 11.7. The van der Waals surface area contributed by atoms with Crippen molar-refractivity contribution >= 4 is 21.8 Å². The number of rotatable bonds is 5. The van der Waals surface area contributed by atoms with E-state index in [4.69, 9.17) is 9.52 Å². The first kappa shape index (κ1) is 13.8. The van der Waals surface area contributed by atoms with E-state index in [1.807, 2.05) is 6.20 Å². The Hall–Kier alpha value is -1.60. The summed E-state index contributed by atoms with van der Waals surface area (Å²) < 4.78 is 8.00. The Labute approximate surface area is 118 Å². The number of nitrogens with one attached hydrogen (secondary N) is 1. The van der Waals surface area contributed by atoms with Crippen molar-refractivity contribution in [1.82, 2.24) is 15.1 Å². The Balaban J connectivity index is 1.96. The van der Waals surface area contributed by atoms with E-state index in [0.717, 1.165) is 4.47 Å². The van der Waals surface area contributed by atoms with Crippen LogP contribution in [-0.2, 0) is 6.54 Å². The topological polar surface area (TPSA) is 80.3 Å². The van der Waals surface area contributed by atoms with Gasteiger partial charge in [0.05, 0.1) is 23.3 Å². The Morgan fingerprint density at radius 2 is 2.42 bits per heavy atom. The number of aliphatic hydroxyl groups excluding tert-OH is 1. The van der Waals surface area contributed by atoms with Crippen LogP contribution < -0.4 is 5.32 Å². The zero-order chi connectivity index (χ0) is 13.8. The molecule has 0 aromatic carbocycles. The summed E-state index contributed by atoms with van der Waals surface area (Å²) in [6.45, 7) is 2.25. The van der Waals surface area contributed by atoms with Crippen LogP contribution in [0.3, 0.4) is 0 Å². The summed E-state index contributed by atoms with van der Waals surface area (Å²) in [7, 11) is 0. The first-order valence-electron chi connectivity index (χ1n) is 5.77. The van der Waals surface area contributed by atoms with Crippen LogP contribution >= 0.6 is 15.9 Å². The molecule has 102 valence electrons. The van der Waals surface area contributed by atoms with Crippen molar-refractivity contribution in [1.29, 1.82) is 0 Å². The Kier molecular flexibility index (Phi) is 4.39. The summed E-state index contributed by atoms with van der Waals surface area (Å²) in [5.41, 5.74) is 0. The minimum Gasteiger partial charge on any atom is -0.454 e. The second kappa shape index (κ2) is 6.03. The fourth-order valence-corrected chi connectivity index (χ4v) is 1.82. The van der Waals surface area contributed by atoms with E-state index in [9.17, 15) is 4.79 Å². The molecule has 6 nitrogen and oxygen atoms in total. The average molecular weight is 328 g/mol. The predicted molar refractivity (Wildman–Crippen MR) is 71.8 cm³/mol. The van der Waals surface area contributed by atoms with E-state index in [0.29, 0.717) is 12.3 Å². The van der Waals surface area contributed by atoms with Crippen LogP contribution in [0.25, 0.3) is 0 Å². The fourth-order valence-electron chi connectivity index (χ4n) is 1.50. The first-order valence-corrected chi connectivity index (χ1v) is 6.57. The van der Waals surface area contributed by atoms with Gasteiger partial charge in [0.15, 0.2) is 5.76 Å². The quantitative estimate of drug-likeness (QED) is 0.869. The summed E-state index contributed by atoms with van der Waals surface area (Å²) in [6.07, 6.45) is 2.91. The molecule has 1 amide bonds. The highest BCUT2D eigenvalue weighted by Crippen LogP contribution is 2.12. The molecule has 0 fully saturated rings. The van der Waals surface area contributed by atoms with Crippen molar-refractivity contribution < 1.29 is 14.3 Å². The zero-order valence-electron chi connectivity index (χ0n) is 10.3. The van der Waals surface area contributed by atoms with E-state index in [2.05, 4.69) is 26.3 Å². The number of halogens is 1. The van der Waals surface area contributed by atoms with Crippen LogP contribution in [0.2, 0.25) is 0 Å². The normalized spacial score (nSPS) is 12.4. The molecular weight excluding hydrogens is 314 g/mol. The van der Waals surface area contributed by atoms with Crippen LogP contribution in [0.15, 0.2) is 33.4 Å². The smallest absolute Gasteiger partial charge is 0.287 e. The summed E-state index contributed by atoms with van der Waals surface area (Å²) in [5.74, 6) is 0.522. The van der Waals surface area contributed by atoms with E-state index < -0.39 is 6.10 Å². The minimum atomic E-state index is -0.584. The van der Waals surface area contributed by atoms with Crippen LogP contribution in [0, 0.1) is 0 Å². The van der Waals surface area contributed by atoms with Gasteiger partial charge in [0.1, 0.15) is 5.76 Å². The van der Waals surface area contributed by atoms with Crippen LogP contribution in [0.4, 0.5) is 0 Å². The number of hydrogen-bond donors (Lipinski definition) is 2. The number of carbonyl (C=O) groups excluding carboxylic acids is 1. The standard InChI is InChI=1S/C12H14BrN3O3/c1-8(17)4-14-12(18)11-3-2-10(19-11)7-16-6-9(13)5-15-16/h2-3,5-6,8,17H,4,7H2,1H3,(H,14,18). The molecule has 2 aromatic heterocycles. The van der Waals surface area contributed by atoms with Gasteiger partial charge in [0.25, 0.3) is 5.91 Å². The summed E-state index contributed by atoms with van der Waals surface area (Å²) in [5, 5.41) is 15.8. The number of furan rings is 1. The van der Waals surface area contributed by atoms with Gasteiger partial charge >= 0.3 is 0 Å². The molecule has 2 heterocycles. The molecule has 0 bridgehead atoms. The summed E-state index contributed by atoms with van der Waals surface area (Å²) in [6, 6.07) is 3.33. The third-order valence-corrected chi connectivity index (χ3v) is 2.77. The molecule has 0 spiro atoms. The Bertz CT molecular complexity index is 562. The van der Waals surface area contributed by atoms with Gasteiger partial charge in [0, 0.05) is 12.7 Å². The second-order valence-corrected chi connectivity index (χ2v) is 5.10. The van der Waals surface area contributed by atoms with Gasteiger partial charge in [0.2, 0.25) is 0 Å². The summed E-state index contributed by atoms with van der Waals surface area (Å²) in [4.78, 5) is 11.7. The minimum absolute atomic E-state index is 0.195. The number of nitrogens with zero attached hydrogens (tertiary/aromatic N) is 2. The fraction of sp³-hybridized carbons (Fsp3) is 0.333. The summed E-state index contributed by atoms with van der Waals surface area (Å²) >= 11 is 3.31. The molecule has 0 aliphatic heterocycles. The van der Waals surface area contributed by atoms with Crippen molar-refractivity contribution in [2.24, 2.45) is 0 Å². The number of carbonyl (C=O) groups is 1. The molecule has 0 saturated carbocycles. The second-order valence-electron chi connectivity index (χ2n) is 4.18. The monoisotopic (exact) mass is 327 g/mol. The third kappa shape index (κ3) is 3.93. The van der Waals surface area contributed by atoms with Gasteiger partial charge < -0.3 is 14.8 Å². The number of aliphatic hydroxyl groups is 1. The molecule has 1 unspecified atom stereocenters. The maximum atomic E-state index is 11.7. The van der Waals surface area contributed by atoms with Crippen molar-refractivity contribution in [3.05, 3.63) is 40.5 Å². The van der Waals surface area contributed by atoms with Gasteiger partial charge in [-0.25, -0.2) is 0 Å². The lowest BCUT2D eigenvalue weighted by Crippen LogP contribution is -2.30. The van der Waals surface area contributed by atoms with Gasteiger partial charge in [-0.3, -0.25) is 9.48 Å². The molecular formula is C12H14BrN3O3. The molecule has 2 rings (SSSR count). The molecule has 2 aromatic rings. The van der Waals surface area contributed by atoms with Crippen LogP contribution in [0.1, 0.15) is 23.2 Å². The van der Waals surface area contributed by atoms with Crippen molar-refractivity contribution in [3.8, 4) is 0 Å². The lowest BCUT2D eigenvalue weighted by atomic mass is 10.3. The Morgan fingerprint density at radius 3 is 3.05 bits per heavy atom. The number of hydrogen-bond acceptors (Lipinski definition) is 4. The lowest BCUT2D eigenvalue weighted by Gasteiger charge is -2.04. The van der Waals surface area contributed by atoms with E-state index in [-0.39, 0.29) is 18.2 Å². The van der Waals surface area contributed by atoms with E-state index >= 15 is 0 Å². The molecule has 0 aliphatic carbocycles. The van der Waals surface area contributed by atoms with E-state index in [1.54, 1.807) is 29.9 Å². The van der Waals surface area contributed by atoms with E-state index in [1.165, 1.54) is 0 Å². The Morgan fingerprint density at radius 1 is 1.63 bits per heavy atom. The maximum Gasteiger partial charge on any atom is 0.287 e. The van der Waals surface area contributed by atoms with Crippen molar-refractivity contribution in [3.63, 3.8) is 0 Å².